The summed E-state index contributed by atoms with van der Waals surface area (Å²) in [6.45, 7) is 2.99. The van der Waals surface area contributed by atoms with Gasteiger partial charge < -0.3 is 24.3 Å². The van der Waals surface area contributed by atoms with Gasteiger partial charge in [0.15, 0.2) is 0 Å². The molecule has 0 spiro atoms. The van der Waals surface area contributed by atoms with Crippen molar-refractivity contribution in [3.05, 3.63) is 66.0 Å². The van der Waals surface area contributed by atoms with Crippen molar-refractivity contribution in [1.29, 1.82) is 0 Å². The number of aromatic amines is 2. The van der Waals surface area contributed by atoms with Gasteiger partial charge in [0.2, 0.25) is 0 Å². The Bertz CT molecular complexity index is 1220. The number of ether oxygens (including phenoxy) is 2. The van der Waals surface area contributed by atoms with E-state index in [1.165, 1.54) is 10.9 Å². The van der Waals surface area contributed by atoms with Crippen LogP contribution in [0.4, 0.5) is 0 Å². The fourth-order valence-electron chi connectivity index (χ4n) is 4.63. The Morgan fingerprint density at radius 3 is 2.75 bits per heavy atom. The molecule has 0 aliphatic carbocycles. The number of methoxy groups -OCH3 is 1. The van der Waals surface area contributed by atoms with E-state index in [-0.39, 0.29) is 12.1 Å². The van der Waals surface area contributed by atoms with Gasteiger partial charge in [-0.05, 0) is 80.3 Å². The van der Waals surface area contributed by atoms with E-state index in [2.05, 4.69) is 33.2 Å². The number of benzene rings is 2. The minimum absolute atomic E-state index is 0.00162. The third-order valence-electron chi connectivity index (χ3n) is 6.49. The molecule has 0 saturated carbocycles. The average molecular weight is 432 g/mol. The van der Waals surface area contributed by atoms with E-state index >= 15 is 0 Å². The van der Waals surface area contributed by atoms with E-state index in [1.807, 2.05) is 36.5 Å². The van der Waals surface area contributed by atoms with Crippen molar-refractivity contribution in [3.8, 4) is 5.75 Å². The average Bonchev–Trinajstić information content (AvgIpc) is 3.46. The molecule has 4 aromatic rings. The van der Waals surface area contributed by atoms with Crippen molar-refractivity contribution in [2.75, 3.05) is 26.7 Å². The number of rotatable bonds is 7. The van der Waals surface area contributed by atoms with Gasteiger partial charge in [0, 0.05) is 47.3 Å². The van der Waals surface area contributed by atoms with Gasteiger partial charge in [-0.1, -0.05) is 0 Å². The fourth-order valence-corrected chi connectivity index (χ4v) is 4.63. The van der Waals surface area contributed by atoms with Crippen LogP contribution in [0.1, 0.15) is 35.2 Å². The van der Waals surface area contributed by atoms with Crippen molar-refractivity contribution in [3.63, 3.8) is 0 Å². The molecule has 0 amide bonds. The van der Waals surface area contributed by atoms with Gasteiger partial charge in [-0.25, -0.2) is 4.79 Å². The Hall–Kier alpha value is -3.25. The summed E-state index contributed by atoms with van der Waals surface area (Å²) in [5.74, 6) is 0.671. The third-order valence-corrected chi connectivity index (χ3v) is 6.49. The SMILES string of the molecule is COc1ccc2[nH]cc(CCCN3CCC(OC(=O)c4ccc5[nH]ccc5c4)CC3)c2c1. The molecule has 0 unspecified atom stereocenters. The second kappa shape index (κ2) is 9.09. The standard InChI is InChI=1S/C26H29N3O3/c1-31-22-5-7-25-23(16-22)20(17-28-25)3-2-12-29-13-9-21(10-14-29)32-26(30)19-4-6-24-18(15-19)8-11-27-24/h4-8,11,15-17,21,27-28H,2-3,9-10,12-14H2,1H3. The quantitative estimate of drug-likeness (QED) is 0.408. The molecule has 6 heteroatoms. The molecule has 0 atom stereocenters. The van der Waals surface area contributed by atoms with Gasteiger partial charge in [-0.15, -0.1) is 0 Å². The van der Waals surface area contributed by atoms with Crippen molar-refractivity contribution < 1.29 is 14.3 Å². The minimum Gasteiger partial charge on any atom is -0.497 e. The van der Waals surface area contributed by atoms with Gasteiger partial charge in [0.25, 0.3) is 0 Å². The number of fused-ring (bicyclic) bond motifs is 2. The lowest BCUT2D eigenvalue weighted by atomic mass is 10.1. The van der Waals surface area contributed by atoms with Crippen LogP contribution in [0, 0.1) is 0 Å². The topological polar surface area (TPSA) is 70.3 Å². The Morgan fingerprint density at radius 2 is 1.91 bits per heavy atom. The summed E-state index contributed by atoms with van der Waals surface area (Å²) in [7, 11) is 1.70. The molecule has 2 N–H and O–H groups in total. The van der Waals surface area contributed by atoms with Crippen LogP contribution < -0.4 is 4.74 Å². The van der Waals surface area contributed by atoms with E-state index in [1.54, 1.807) is 7.11 Å². The second-order valence-electron chi connectivity index (χ2n) is 8.55. The number of H-pyrrole nitrogens is 2. The molecule has 166 valence electrons. The zero-order valence-electron chi connectivity index (χ0n) is 18.4. The molecule has 0 radical (unpaired) electrons. The number of nitrogens with one attached hydrogen (secondary N) is 2. The van der Waals surface area contributed by atoms with Gasteiger partial charge in [-0.3, -0.25) is 0 Å². The number of aromatic nitrogens is 2. The number of hydrogen-bond acceptors (Lipinski definition) is 4. The van der Waals surface area contributed by atoms with E-state index in [0.717, 1.165) is 67.5 Å². The van der Waals surface area contributed by atoms with Crippen LogP contribution in [0.25, 0.3) is 21.8 Å². The highest BCUT2D eigenvalue weighted by molar-refractivity contribution is 5.94. The highest BCUT2D eigenvalue weighted by Gasteiger charge is 2.23. The molecule has 1 fully saturated rings. The number of aryl methyl sites for hydroxylation is 1. The molecule has 1 aliphatic heterocycles. The number of carbonyl (C=O) groups is 1. The Kier molecular flexibility index (Phi) is 5.86. The molecule has 3 heterocycles. The summed E-state index contributed by atoms with van der Waals surface area (Å²) in [4.78, 5) is 21.5. The first-order valence-electron chi connectivity index (χ1n) is 11.3. The van der Waals surface area contributed by atoms with Crippen molar-refractivity contribution in [2.45, 2.75) is 31.8 Å². The molecule has 6 nitrogen and oxygen atoms in total. The first-order chi connectivity index (χ1) is 15.7. The van der Waals surface area contributed by atoms with E-state index in [9.17, 15) is 4.79 Å². The molecular formula is C26H29N3O3. The van der Waals surface area contributed by atoms with Crippen molar-refractivity contribution >= 4 is 27.8 Å². The minimum atomic E-state index is -0.221. The number of nitrogens with zero attached hydrogens (tertiary/aromatic N) is 1. The second-order valence-corrected chi connectivity index (χ2v) is 8.55. The molecule has 1 saturated heterocycles. The van der Waals surface area contributed by atoms with E-state index < -0.39 is 0 Å². The Labute approximate surface area is 187 Å². The van der Waals surface area contributed by atoms with Crippen molar-refractivity contribution in [2.24, 2.45) is 0 Å². The molecular weight excluding hydrogens is 402 g/mol. The smallest absolute Gasteiger partial charge is 0.338 e. The van der Waals surface area contributed by atoms with Crippen LogP contribution in [-0.2, 0) is 11.2 Å². The molecule has 5 rings (SSSR count). The molecule has 2 aromatic carbocycles. The lowest BCUT2D eigenvalue weighted by Gasteiger charge is -2.31. The monoisotopic (exact) mass is 431 g/mol. The number of esters is 1. The largest absolute Gasteiger partial charge is 0.497 e. The fraction of sp³-hybridized carbons (Fsp3) is 0.346. The van der Waals surface area contributed by atoms with Crippen molar-refractivity contribution in [1.82, 2.24) is 14.9 Å². The van der Waals surface area contributed by atoms with Gasteiger partial charge in [0.1, 0.15) is 11.9 Å². The number of piperidine rings is 1. The van der Waals surface area contributed by atoms with Crippen LogP contribution in [0.2, 0.25) is 0 Å². The summed E-state index contributed by atoms with van der Waals surface area (Å²) in [5, 5.41) is 2.27. The first-order valence-corrected chi connectivity index (χ1v) is 11.3. The maximum atomic E-state index is 12.6. The maximum absolute atomic E-state index is 12.6. The van der Waals surface area contributed by atoms with Crippen LogP contribution in [-0.4, -0.2) is 53.7 Å². The van der Waals surface area contributed by atoms with Gasteiger partial charge in [0.05, 0.1) is 12.7 Å². The first kappa shape index (κ1) is 20.6. The lowest BCUT2D eigenvalue weighted by Crippen LogP contribution is -2.38. The van der Waals surface area contributed by atoms with Gasteiger partial charge in [-0.2, -0.15) is 0 Å². The number of likely N-dealkylation sites (tertiary alicyclic amines) is 1. The van der Waals surface area contributed by atoms with Gasteiger partial charge >= 0.3 is 5.97 Å². The lowest BCUT2D eigenvalue weighted by molar-refractivity contribution is 0.0113. The highest BCUT2D eigenvalue weighted by Crippen LogP contribution is 2.25. The normalized spacial score (nSPS) is 15.4. The Morgan fingerprint density at radius 1 is 1.06 bits per heavy atom. The zero-order valence-corrected chi connectivity index (χ0v) is 18.4. The highest BCUT2D eigenvalue weighted by atomic mass is 16.5. The van der Waals surface area contributed by atoms with E-state index in [0.29, 0.717) is 5.56 Å². The Balaban J connectivity index is 1.08. The molecule has 32 heavy (non-hydrogen) atoms. The van der Waals surface area contributed by atoms with Crippen LogP contribution in [0.3, 0.4) is 0 Å². The zero-order chi connectivity index (χ0) is 21.9. The predicted octanol–water partition coefficient (Wildman–Crippen LogP) is 4.91. The summed E-state index contributed by atoms with van der Waals surface area (Å²) in [5.41, 5.74) is 4.14. The molecule has 0 bridgehead atoms. The summed E-state index contributed by atoms with van der Waals surface area (Å²) in [6.07, 6.45) is 7.91. The number of hydrogen-bond donors (Lipinski definition) is 2. The predicted molar refractivity (Wildman–Crippen MR) is 126 cm³/mol. The molecule has 2 aromatic heterocycles. The third kappa shape index (κ3) is 4.36. The van der Waals surface area contributed by atoms with Crippen LogP contribution >= 0.6 is 0 Å². The van der Waals surface area contributed by atoms with Crippen LogP contribution in [0.5, 0.6) is 5.75 Å². The summed E-state index contributed by atoms with van der Waals surface area (Å²) < 4.78 is 11.2. The van der Waals surface area contributed by atoms with E-state index in [4.69, 9.17) is 9.47 Å². The summed E-state index contributed by atoms with van der Waals surface area (Å²) in [6, 6.07) is 13.8. The summed E-state index contributed by atoms with van der Waals surface area (Å²) >= 11 is 0. The van der Waals surface area contributed by atoms with Crippen LogP contribution in [0.15, 0.2) is 54.9 Å². The molecule has 1 aliphatic rings. The maximum Gasteiger partial charge on any atom is 0.338 e. The number of carbonyl (C=O) groups excluding carboxylic acids is 1.